The first-order chi connectivity index (χ1) is 67.3. The number of phenolic OH excluding ortho intramolecular Hbond substituents is 17. The van der Waals surface area contributed by atoms with Gasteiger partial charge in [-0.3, -0.25) is 4.79 Å². The number of carbonyl (C=O) groups is 3. The number of phenols is 17. The van der Waals surface area contributed by atoms with Crippen molar-refractivity contribution in [1.29, 1.82) is 0 Å². The molecule has 0 aromatic heterocycles. The van der Waals surface area contributed by atoms with E-state index in [1.54, 1.807) is 121 Å². The first kappa shape index (κ1) is 104. The van der Waals surface area contributed by atoms with Crippen LogP contribution in [-0.2, 0) is 33.4 Å². The van der Waals surface area contributed by atoms with Gasteiger partial charge in [-0.15, -0.1) is 0 Å². The predicted octanol–water partition coefficient (Wildman–Crippen LogP) is 23.8. The third kappa shape index (κ3) is 26.2. The molecule has 4 saturated carbocycles. The maximum absolute atomic E-state index is 12.4. The fourth-order valence-electron chi connectivity index (χ4n) is 20.3. The van der Waals surface area contributed by atoms with Gasteiger partial charge in [0.05, 0.1) is 17.2 Å². The molecule has 0 amide bonds. The van der Waals surface area contributed by atoms with Crippen molar-refractivity contribution in [3.8, 4) is 97.7 Å². The number of aromatic hydroxyl groups is 17. The number of cyclic esters (lactones) is 1. The number of hydrogen-bond donors (Lipinski definition) is 19. The highest BCUT2D eigenvalue weighted by Crippen LogP contribution is 2.62. The molecule has 0 radical (unpaired) electrons. The SMILES string of the molecule is C(=C\c1ccccc1)/c1ccccc1.C=Cc1cc(O)cc(O)c1.CC(C)(c1ccc(O)cc1)c1ccc(O)cc1.C[C@]12CC[C@@H]3c4ccc(O)cc4CC[C@H]3[C@@H]1CCC2=O.C[C@]12CC[C@@H]3c4ccc(O)cc4CC[C@H]3[C@@H]1CC[C@@H]2O.O=C(O)c1cc(O)c(O)c(O)c1.O=C1OC(c2ccc(O)cc2)(c2ccc(O)cc2)c2ccccc21.Oc1cc(O)cc(O)c1.Oc1cccc(O)c1.Oc1ccccc1. The van der Waals surface area contributed by atoms with Crippen LogP contribution in [-0.4, -0.2) is 121 Å². The molecule has 0 spiro atoms. The summed E-state index contributed by atoms with van der Waals surface area (Å²) in [6.45, 7) is 12.3. The minimum absolute atomic E-state index is 0.0322. The first-order valence-electron chi connectivity index (χ1n) is 46.6. The summed E-state index contributed by atoms with van der Waals surface area (Å²) in [6.07, 6.45) is 18.9. The smallest absolute Gasteiger partial charge is 0.340 e. The topological polar surface area (TPSA) is 445 Å². The molecule has 730 valence electrons. The zero-order valence-electron chi connectivity index (χ0n) is 78.7. The van der Waals surface area contributed by atoms with Gasteiger partial charge in [0.25, 0.3) is 0 Å². The largest absolute Gasteiger partial charge is 0.508 e. The number of carboxylic acids is 1. The van der Waals surface area contributed by atoms with Crippen molar-refractivity contribution in [2.75, 3.05) is 0 Å². The van der Waals surface area contributed by atoms with E-state index in [1.807, 2.05) is 103 Å². The fourth-order valence-corrected chi connectivity index (χ4v) is 20.3. The normalized spacial score (nSPS) is 19.6. The van der Waals surface area contributed by atoms with Crippen LogP contribution < -0.4 is 0 Å². The lowest BCUT2D eigenvalue weighted by atomic mass is 9.55. The number of fused-ring (bicyclic) bond motifs is 11. The summed E-state index contributed by atoms with van der Waals surface area (Å²) >= 11 is 0. The van der Waals surface area contributed by atoms with Crippen LogP contribution in [0.25, 0.3) is 18.2 Å². The number of aliphatic hydroxyl groups is 1. The van der Waals surface area contributed by atoms with Gasteiger partial charge in [-0.1, -0.05) is 216 Å². The van der Waals surface area contributed by atoms with Crippen LogP contribution in [0.3, 0.4) is 0 Å². The van der Waals surface area contributed by atoms with Gasteiger partial charge in [0, 0.05) is 64.3 Å². The number of aromatic carboxylic acids is 1. The summed E-state index contributed by atoms with van der Waals surface area (Å²) < 4.78 is 5.87. The molecule has 9 atom stereocenters. The lowest BCUT2D eigenvalue weighted by Gasteiger charge is -2.50. The number of ether oxygens (including phenoxy) is 1. The number of para-hydroxylation sites is 1. The summed E-state index contributed by atoms with van der Waals surface area (Å²) in [5.41, 5.74) is 12.3. The van der Waals surface area contributed by atoms with E-state index in [9.17, 15) is 50.1 Å². The van der Waals surface area contributed by atoms with Crippen LogP contribution in [0.1, 0.15) is 191 Å². The van der Waals surface area contributed by atoms with Crippen LogP contribution in [0.15, 0.2) is 328 Å². The van der Waals surface area contributed by atoms with E-state index < -0.39 is 34.8 Å². The average molecular weight is 1910 g/mol. The maximum atomic E-state index is 12.4. The lowest BCUT2D eigenvalue weighted by Crippen LogP contribution is -2.43. The van der Waals surface area contributed by atoms with Gasteiger partial charge in [0.15, 0.2) is 22.8 Å². The fraction of sp³-hybridized carbons (Fsp3) is 0.229. The summed E-state index contributed by atoms with van der Waals surface area (Å²) in [7, 11) is 0. The van der Waals surface area contributed by atoms with E-state index in [2.05, 4.69) is 82.8 Å². The zero-order valence-corrected chi connectivity index (χ0v) is 78.7. The summed E-state index contributed by atoms with van der Waals surface area (Å²) in [5, 5.41) is 172. The number of carbonyl (C=O) groups excluding carboxylic acids is 2. The Hall–Kier alpha value is -16.3. The van der Waals surface area contributed by atoms with E-state index in [4.69, 9.17) is 66.0 Å². The standard InChI is InChI=1S/C20H14O4.C18H24O2.C18H22O2.C15H16O2.C14H12.C8H8O2.C7H6O5.C6H6O3.C6H6O2.C6H6O/c21-15-9-5-13(6-10-15)20(14-7-11-16(22)12-8-14)18-4-2-1-3-17(18)19(23)24-20;2*1-18-9-8-14-13-5-3-12(19)10-11(13)2-4-15(14)16(18)6-7-17(18)20;1-15(2,11-3-7-13(16)8-4-11)12-5-9-14(17)10-6-12;1-3-7-13(8-4-1)11-12-14-9-5-2-6-10-14;1-2-6-3-7(9)5-8(10)4-6;8-4-1-3(7(11)12)2-5(9)6(4)10;7-4-1-5(8)3-6(9)2-4;7-5-2-1-3-6(8)4-5;7-6-4-2-1-3-5-6/h1-12,21-22H;3,5,10,14-17,19-20H,2,4,6-9H2,1H3;3,5,10,14-16,19H,2,4,6-9H2,1H3;3-10,16-17H,1-2H3;1-12H;2-5,9-10H,1H2;1-2,8-10H,(H,11,12);1-3,7-9H;1-4,7-8H;1-5,7H/b;;;;12-11+;;;;;/t;14-,15-,16+,17+,18+;14-,15-,16+,18+;;;;;;;/m.11......./s1. The molecule has 19 N–H and O–H groups in total. The van der Waals surface area contributed by atoms with Crippen molar-refractivity contribution in [3.63, 3.8) is 0 Å². The van der Waals surface area contributed by atoms with Crippen LogP contribution in [0.4, 0.5) is 0 Å². The maximum Gasteiger partial charge on any atom is 0.340 e. The van der Waals surface area contributed by atoms with Crippen molar-refractivity contribution in [3.05, 3.63) is 406 Å². The van der Waals surface area contributed by atoms with Gasteiger partial charge in [0.1, 0.15) is 86.3 Å². The van der Waals surface area contributed by atoms with E-state index in [0.29, 0.717) is 63.7 Å². The Kier molecular flexibility index (Phi) is 34.3. The number of benzene rings is 14. The highest BCUT2D eigenvalue weighted by Gasteiger charge is 2.56. The second-order valence-electron chi connectivity index (χ2n) is 37.0. The molecule has 23 heteroatoms. The van der Waals surface area contributed by atoms with Crippen LogP contribution in [0, 0.1) is 34.5 Å². The van der Waals surface area contributed by atoms with Crippen LogP contribution >= 0.6 is 0 Å². The van der Waals surface area contributed by atoms with Crippen molar-refractivity contribution >= 4 is 35.9 Å². The molecule has 0 saturated heterocycles. The average Bonchev–Trinajstić information content (AvgIpc) is 1.58. The number of hydrogen-bond acceptors (Lipinski definition) is 22. The van der Waals surface area contributed by atoms with Crippen molar-refractivity contribution in [2.24, 2.45) is 34.5 Å². The Labute approximate surface area is 819 Å². The quantitative estimate of drug-likeness (QED) is 0.0382. The number of rotatable bonds is 8. The number of Topliss-reactive ketones (excluding diaryl/α,β-unsaturated/α-hetero) is 1. The van der Waals surface area contributed by atoms with E-state index >= 15 is 0 Å². The molecular weight excluding hydrogens is 1790 g/mol. The molecule has 0 bridgehead atoms. The Morgan fingerprint density at radius 3 is 1.16 bits per heavy atom. The van der Waals surface area contributed by atoms with Gasteiger partial charge in [-0.05, 0) is 289 Å². The molecular formula is C118H120O23. The number of aryl methyl sites for hydroxylation is 2. The van der Waals surface area contributed by atoms with Crippen LogP contribution in [0.5, 0.6) is 97.7 Å². The first-order valence-corrected chi connectivity index (χ1v) is 46.6. The highest BCUT2D eigenvalue weighted by molar-refractivity contribution is 5.96. The molecule has 4 fully saturated rings. The molecule has 23 nitrogen and oxygen atoms in total. The van der Waals surface area contributed by atoms with E-state index in [1.165, 1.54) is 95.5 Å². The predicted molar refractivity (Wildman–Crippen MR) is 542 cm³/mol. The van der Waals surface area contributed by atoms with E-state index in [0.717, 1.165) is 115 Å². The molecule has 141 heavy (non-hydrogen) atoms. The summed E-state index contributed by atoms with van der Waals surface area (Å²) in [6, 6.07) is 91.3. The number of ketones is 1. The van der Waals surface area contributed by atoms with Gasteiger partial charge in [0.2, 0.25) is 0 Å². The second kappa shape index (κ2) is 46.7. The van der Waals surface area contributed by atoms with E-state index in [-0.39, 0.29) is 91.2 Å². The summed E-state index contributed by atoms with van der Waals surface area (Å²) in [4.78, 5) is 35.0. The third-order valence-electron chi connectivity index (χ3n) is 27.6. The third-order valence-corrected chi connectivity index (χ3v) is 27.6. The summed E-state index contributed by atoms with van der Waals surface area (Å²) in [5.74, 6) is 2.53. The lowest BCUT2D eigenvalue weighted by molar-refractivity contribution is -0.129. The van der Waals surface area contributed by atoms with Crippen molar-refractivity contribution in [2.45, 2.75) is 134 Å². The Balaban J connectivity index is 0.000000143. The van der Waals surface area contributed by atoms with Crippen molar-refractivity contribution < 1.29 is 116 Å². The monoisotopic (exact) mass is 1900 g/mol. The number of carboxylic acid groups (broad SMARTS) is 1. The molecule has 7 aliphatic rings. The minimum Gasteiger partial charge on any atom is -0.508 e. The molecule has 14 aromatic rings. The second-order valence-corrected chi connectivity index (χ2v) is 37.0. The Bertz CT molecular complexity index is 6340. The molecule has 6 aliphatic carbocycles. The Morgan fingerprint density at radius 2 is 0.745 bits per heavy atom. The zero-order chi connectivity index (χ0) is 101. The van der Waals surface area contributed by atoms with Gasteiger partial charge < -0.3 is 102 Å². The molecule has 0 unspecified atom stereocenters. The van der Waals surface area contributed by atoms with Crippen molar-refractivity contribution in [1.82, 2.24) is 0 Å². The van der Waals surface area contributed by atoms with Gasteiger partial charge >= 0.3 is 11.9 Å². The minimum atomic E-state index is -1.29. The van der Waals surface area contributed by atoms with Gasteiger partial charge in [-0.2, -0.15) is 0 Å². The Morgan fingerprint density at radius 1 is 0.369 bits per heavy atom. The number of aliphatic hydroxyl groups excluding tert-OH is 1. The highest BCUT2D eigenvalue weighted by atomic mass is 16.6. The number of esters is 1. The van der Waals surface area contributed by atoms with Crippen LogP contribution in [0.2, 0.25) is 0 Å². The molecule has 14 aromatic carbocycles. The molecule has 21 rings (SSSR count). The molecule has 1 aliphatic heterocycles. The molecule has 1 heterocycles. The van der Waals surface area contributed by atoms with Gasteiger partial charge in [-0.25, -0.2) is 9.59 Å².